The predicted molar refractivity (Wildman–Crippen MR) is 96.5 cm³/mol. The summed E-state index contributed by atoms with van der Waals surface area (Å²) in [6.07, 6.45) is 6.69. The SMILES string of the molecule is O=C(c1cncc(Cl)c1)N1[C@H]2CC[C@@H]1[C@@](CO)(Cc1ccccc1)C2. The van der Waals surface area contributed by atoms with Crippen molar-refractivity contribution in [2.75, 3.05) is 6.61 Å². The Morgan fingerprint density at radius 1 is 1.28 bits per heavy atom. The molecule has 2 aliphatic heterocycles. The number of halogens is 1. The maximum atomic E-state index is 13.1. The first-order valence-electron chi connectivity index (χ1n) is 8.71. The number of aliphatic hydroxyl groups excluding tert-OH is 1. The molecule has 2 aliphatic rings. The number of hydrogen-bond donors (Lipinski definition) is 1. The van der Waals surface area contributed by atoms with Crippen LogP contribution in [-0.4, -0.2) is 39.6 Å². The molecule has 3 heterocycles. The highest BCUT2D eigenvalue weighted by molar-refractivity contribution is 6.30. The van der Waals surface area contributed by atoms with Gasteiger partial charge in [0.15, 0.2) is 0 Å². The summed E-state index contributed by atoms with van der Waals surface area (Å²) < 4.78 is 0. The fourth-order valence-corrected chi connectivity index (χ4v) is 4.87. The number of fused-ring (bicyclic) bond motifs is 2. The van der Waals surface area contributed by atoms with Gasteiger partial charge in [0.05, 0.1) is 17.2 Å². The lowest BCUT2D eigenvalue weighted by Gasteiger charge is -2.36. The van der Waals surface area contributed by atoms with Crippen LogP contribution in [0.1, 0.15) is 35.2 Å². The van der Waals surface area contributed by atoms with Crippen LogP contribution in [0.4, 0.5) is 0 Å². The molecule has 3 atom stereocenters. The van der Waals surface area contributed by atoms with E-state index in [1.165, 1.54) is 11.8 Å². The molecule has 1 N–H and O–H groups in total. The molecule has 25 heavy (non-hydrogen) atoms. The molecule has 4 rings (SSSR count). The van der Waals surface area contributed by atoms with Gasteiger partial charge in [-0.25, -0.2) is 0 Å². The Kier molecular flexibility index (Phi) is 4.26. The van der Waals surface area contributed by atoms with E-state index in [0.717, 1.165) is 25.7 Å². The van der Waals surface area contributed by atoms with Crippen molar-refractivity contribution in [3.8, 4) is 0 Å². The molecule has 0 aliphatic carbocycles. The molecule has 2 bridgehead atoms. The van der Waals surface area contributed by atoms with E-state index < -0.39 is 0 Å². The molecule has 5 heteroatoms. The number of carbonyl (C=O) groups excluding carboxylic acids is 1. The molecule has 2 aromatic rings. The van der Waals surface area contributed by atoms with E-state index in [1.54, 1.807) is 12.3 Å². The first-order chi connectivity index (χ1) is 12.1. The van der Waals surface area contributed by atoms with E-state index in [9.17, 15) is 9.90 Å². The van der Waals surface area contributed by atoms with E-state index >= 15 is 0 Å². The fourth-order valence-electron chi connectivity index (χ4n) is 4.69. The van der Waals surface area contributed by atoms with Crippen LogP contribution in [0.3, 0.4) is 0 Å². The molecular formula is C20H21ClN2O2. The topological polar surface area (TPSA) is 53.4 Å². The van der Waals surface area contributed by atoms with Gasteiger partial charge in [-0.3, -0.25) is 9.78 Å². The first kappa shape index (κ1) is 16.6. The van der Waals surface area contributed by atoms with Crippen molar-refractivity contribution in [3.05, 3.63) is 64.9 Å². The lowest BCUT2D eigenvalue weighted by atomic mass is 9.70. The second kappa shape index (κ2) is 6.43. The van der Waals surface area contributed by atoms with Crippen LogP contribution < -0.4 is 0 Å². The van der Waals surface area contributed by atoms with Gasteiger partial charge in [-0.1, -0.05) is 41.9 Å². The minimum absolute atomic E-state index is 0.0223. The van der Waals surface area contributed by atoms with Crippen molar-refractivity contribution in [2.45, 2.75) is 37.8 Å². The summed E-state index contributed by atoms with van der Waals surface area (Å²) in [5, 5.41) is 10.7. The molecule has 0 spiro atoms. The third-order valence-corrected chi connectivity index (χ3v) is 5.96. The van der Waals surface area contributed by atoms with Crippen molar-refractivity contribution in [1.82, 2.24) is 9.88 Å². The van der Waals surface area contributed by atoms with Gasteiger partial charge in [0.2, 0.25) is 0 Å². The third kappa shape index (κ3) is 2.83. The summed E-state index contributed by atoms with van der Waals surface area (Å²) in [6.45, 7) is 0.0979. The fraction of sp³-hybridized carbons (Fsp3) is 0.400. The maximum absolute atomic E-state index is 13.1. The van der Waals surface area contributed by atoms with Gasteiger partial charge in [-0.05, 0) is 37.3 Å². The lowest BCUT2D eigenvalue weighted by Crippen LogP contribution is -2.44. The Bertz CT molecular complexity index is 782. The van der Waals surface area contributed by atoms with Gasteiger partial charge in [-0.2, -0.15) is 0 Å². The number of benzene rings is 1. The van der Waals surface area contributed by atoms with E-state index in [2.05, 4.69) is 17.1 Å². The highest BCUT2D eigenvalue weighted by Crippen LogP contribution is 2.51. The Morgan fingerprint density at radius 3 is 2.80 bits per heavy atom. The molecule has 0 unspecified atom stereocenters. The van der Waals surface area contributed by atoms with Crippen LogP contribution in [0.15, 0.2) is 48.8 Å². The van der Waals surface area contributed by atoms with Gasteiger partial charge >= 0.3 is 0 Å². The van der Waals surface area contributed by atoms with Crippen LogP contribution in [0.25, 0.3) is 0 Å². The normalized spacial score (nSPS) is 27.7. The maximum Gasteiger partial charge on any atom is 0.255 e. The van der Waals surface area contributed by atoms with Crippen molar-refractivity contribution in [2.24, 2.45) is 5.41 Å². The first-order valence-corrected chi connectivity index (χ1v) is 9.09. The second-order valence-electron chi connectivity index (χ2n) is 7.24. The average Bonchev–Trinajstić information content (AvgIpc) is 3.18. The quantitative estimate of drug-likeness (QED) is 0.914. The number of pyridine rings is 1. The smallest absolute Gasteiger partial charge is 0.255 e. The van der Waals surface area contributed by atoms with Crippen molar-refractivity contribution >= 4 is 17.5 Å². The number of amides is 1. The number of rotatable bonds is 4. The number of carbonyl (C=O) groups is 1. The minimum atomic E-state index is -0.258. The van der Waals surface area contributed by atoms with E-state index in [4.69, 9.17) is 11.6 Å². The summed E-state index contributed by atoms with van der Waals surface area (Å²) in [5.41, 5.74) is 1.48. The summed E-state index contributed by atoms with van der Waals surface area (Å²) in [6, 6.07) is 12.2. The minimum Gasteiger partial charge on any atom is -0.396 e. The zero-order valence-electron chi connectivity index (χ0n) is 13.9. The van der Waals surface area contributed by atoms with Gasteiger partial charge < -0.3 is 10.0 Å². The molecule has 2 saturated heterocycles. The average molecular weight is 357 g/mol. The summed E-state index contributed by atoms with van der Waals surface area (Å²) in [7, 11) is 0. The van der Waals surface area contributed by atoms with Crippen molar-refractivity contribution in [3.63, 3.8) is 0 Å². The van der Waals surface area contributed by atoms with Crippen LogP contribution in [0, 0.1) is 5.41 Å². The lowest BCUT2D eigenvalue weighted by molar-refractivity contribution is 0.0571. The van der Waals surface area contributed by atoms with Gasteiger partial charge in [0.25, 0.3) is 5.91 Å². The van der Waals surface area contributed by atoms with Gasteiger partial charge in [-0.15, -0.1) is 0 Å². The molecule has 2 fully saturated rings. The number of aromatic nitrogens is 1. The van der Waals surface area contributed by atoms with Crippen LogP contribution in [0.5, 0.6) is 0 Å². The molecular weight excluding hydrogens is 336 g/mol. The number of nitrogens with zero attached hydrogens (tertiary/aromatic N) is 2. The van der Waals surface area contributed by atoms with Gasteiger partial charge in [0, 0.05) is 29.9 Å². The zero-order chi connectivity index (χ0) is 17.4. The molecule has 130 valence electrons. The molecule has 1 amide bonds. The van der Waals surface area contributed by atoms with E-state index in [1.807, 2.05) is 23.1 Å². The highest BCUT2D eigenvalue weighted by Gasteiger charge is 2.57. The third-order valence-electron chi connectivity index (χ3n) is 5.75. The molecule has 0 saturated carbocycles. The van der Waals surface area contributed by atoms with Gasteiger partial charge in [0.1, 0.15) is 0 Å². The Morgan fingerprint density at radius 2 is 2.08 bits per heavy atom. The molecule has 1 aromatic heterocycles. The molecule has 0 radical (unpaired) electrons. The Balaban J connectivity index is 1.63. The Labute approximate surface area is 152 Å². The highest BCUT2D eigenvalue weighted by atomic mass is 35.5. The largest absolute Gasteiger partial charge is 0.396 e. The monoisotopic (exact) mass is 356 g/mol. The molecule has 1 aromatic carbocycles. The van der Waals surface area contributed by atoms with E-state index in [-0.39, 0.29) is 30.0 Å². The van der Waals surface area contributed by atoms with Crippen molar-refractivity contribution < 1.29 is 9.90 Å². The predicted octanol–water partition coefficient (Wildman–Crippen LogP) is 3.33. The van der Waals surface area contributed by atoms with Crippen LogP contribution >= 0.6 is 11.6 Å². The Hall–Kier alpha value is -1.91. The summed E-state index contributed by atoms with van der Waals surface area (Å²) >= 11 is 6.00. The van der Waals surface area contributed by atoms with E-state index in [0.29, 0.717) is 10.6 Å². The summed E-state index contributed by atoms with van der Waals surface area (Å²) in [4.78, 5) is 19.1. The van der Waals surface area contributed by atoms with Crippen molar-refractivity contribution in [1.29, 1.82) is 0 Å². The van der Waals surface area contributed by atoms with Crippen LogP contribution in [-0.2, 0) is 6.42 Å². The number of hydrogen-bond acceptors (Lipinski definition) is 3. The standard InChI is InChI=1S/C20H21ClN2O2/c21-16-8-15(11-22-12-16)19(25)23-17-6-7-18(23)20(10-17,13-24)9-14-4-2-1-3-5-14/h1-5,8,11-12,17-18,24H,6-7,9-10,13H2/t17-,18+,20-/m0/s1. The zero-order valence-corrected chi connectivity index (χ0v) is 14.7. The number of aliphatic hydroxyl groups is 1. The second-order valence-corrected chi connectivity index (χ2v) is 7.67. The summed E-state index contributed by atoms with van der Waals surface area (Å²) in [5.74, 6) is -0.0223. The van der Waals surface area contributed by atoms with Crippen LogP contribution in [0.2, 0.25) is 5.02 Å². The molecule has 4 nitrogen and oxygen atoms in total.